The highest BCUT2D eigenvalue weighted by Crippen LogP contribution is 2.17. The van der Waals surface area contributed by atoms with Gasteiger partial charge in [0, 0.05) is 36.7 Å². The van der Waals surface area contributed by atoms with Gasteiger partial charge in [-0.25, -0.2) is 4.79 Å². The lowest BCUT2D eigenvalue weighted by Gasteiger charge is -2.13. The van der Waals surface area contributed by atoms with Gasteiger partial charge in [-0.2, -0.15) is 0 Å². The fourth-order valence-electron chi connectivity index (χ4n) is 1.85. The molecule has 0 aromatic heterocycles. The van der Waals surface area contributed by atoms with E-state index in [2.05, 4.69) is 10.6 Å². The molecule has 0 spiro atoms. The summed E-state index contributed by atoms with van der Waals surface area (Å²) in [4.78, 5) is 13.8. The molecule has 2 amide bonds. The highest BCUT2D eigenvalue weighted by molar-refractivity contribution is 6.32. The molecule has 4 nitrogen and oxygen atoms in total. The highest BCUT2D eigenvalue weighted by Gasteiger charge is 2.01. The topological polar surface area (TPSA) is 44.4 Å². The number of amides is 2. The number of nitrogens with zero attached hydrogens (tertiary/aromatic N) is 1. The van der Waals surface area contributed by atoms with E-state index in [0.29, 0.717) is 5.02 Å². The summed E-state index contributed by atoms with van der Waals surface area (Å²) in [7, 11) is 3.90. The first-order valence-electron chi connectivity index (χ1n) is 6.82. The van der Waals surface area contributed by atoms with Crippen LogP contribution in [0.5, 0.6) is 0 Å². The molecule has 0 unspecified atom stereocenters. The first-order valence-corrected chi connectivity index (χ1v) is 7.20. The Bertz CT molecular complexity index is 683. The van der Waals surface area contributed by atoms with Crippen LogP contribution in [0.2, 0.25) is 5.02 Å². The van der Waals surface area contributed by atoms with Crippen molar-refractivity contribution in [3.8, 4) is 0 Å². The maximum Gasteiger partial charge on any atom is 0.323 e. The third-order valence-electron chi connectivity index (χ3n) is 3.00. The Labute approximate surface area is 135 Å². The van der Waals surface area contributed by atoms with Crippen molar-refractivity contribution in [2.45, 2.75) is 0 Å². The Hall–Kier alpha value is -2.46. The van der Waals surface area contributed by atoms with Crippen LogP contribution in [-0.4, -0.2) is 20.1 Å². The minimum Gasteiger partial charge on any atom is -0.378 e. The van der Waals surface area contributed by atoms with Crippen molar-refractivity contribution in [2.24, 2.45) is 0 Å². The van der Waals surface area contributed by atoms with Gasteiger partial charge in [-0.05, 0) is 35.9 Å². The van der Waals surface area contributed by atoms with E-state index in [1.165, 1.54) is 0 Å². The van der Waals surface area contributed by atoms with Gasteiger partial charge in [0.05, 0.1) is 0 Å². The molecule has 0 aliphatic rings. The fraction of sp³-hybridized carbons (Fsp3) is 0.118. The molecule has 2 N–H and O–H groups in total. The van der Waals surface area contributed by atoms with Crippen molar-refractivity contribution in [1.29, 1.82) is 0 Å². The van der Waals surface area contributed by atoms with E-state index in [1.54, 1.807) is 18.3 Å². The van der Waals surface area contributed by atoms with Crippen molar-refractivity contribution in [2.75, 3.05) is 24.3 Å². The molecule has 0 aliphatic carbocycles. The lowest BCUT2D eigenvalue weighted by Crippen LogP contribution is -2.23. The predicted molar refractivity (Wildman–Crippen MR) is 93.4 cm³/mol. The van der Waals surface area contributed by atoms with Crippen molar-refractivity contribution in [1.82, 2.24) is 5.32 Å². The normalized spacial score (nSPS) is 10.5. The molecule has 0 aliphatic heterocycles. The van der Waals surface area contributed by atoms with Gasteiger partial charge in [-0.3, -0.25) is 0 Å². The molecule has 0 saturated heterocycles. The van der Waals surface area contributed by atoms with E-state index in [1.807, 2.05) is 61.5 Å². The third kappa shape index (κ3) is 4.53. The minimum absolute atomic E-state index is 0.306. The van der Waals surface area contributed by atoms with Crippen molar-refractivity contribution < 1.29 is 4.79 Å². The number of benzene rings is 2. The average molecular weight is 316 g/mol. The molecule has 2 aromatic carbocycles. The quantitative estimate of drug-likeness (QED) is 0.888. The Kier molecular flexibility index (Phi) is 5.44. The third-order valence-corrected chi connectivity index (χ3v) is 3.35. The number of urea groups is 1. The molecule has 0 radical (unpaired) electrons. The summed E-state index contributed by atoms with van der Waals surface area (Å²) < 4.78 is 0. The number of hydrogen-bond acceptors (Lipinski definition) is 2. The van der Waals surface area contributed by atoms with Crippen molar-refractivity contribution in [3.63, 3.8) is 0 Å². The summed E-state index contributed by atoms with van der Waals surface area (Å²) in [6, 6.07) is 14.7. The van der Waals surface area contributed by atoms with E-state index >= 15 is 0 Å². The number of hydrogen-bond donors (Lipinski definition) is 2. The summed E-state index contributed by atoms with van der Waals surface area (Å²) in [5.41, 5.74) is 2.60. The molecule has 5 heteroatoms. The van der Waals surface area contributed by atoms with Crippen LogP contribution in [0.4, 0.5) is 16.2 Å². The van der Waals surface area contributed by atoms with E-state index in [-0.39, 0.29) is 6.03 Å². The molecule has 2 rings (SSSR count). The van der Waals surface area contributed by atoms with Crippen LogP contribution in [0.15, 0.2) is 54.7 Å². The zero-order valence-corrected chi connectivity index (χ0v) is 13.3. The Morgan fingerprint density at radius 1 is 1.14 bits per heavy atom. The lowest BCUT2D eigenvalue weighted by atomic mass is 10.2. The second-order valence-electron chi connectivity index (χ2n) is 4.90. The van der Waals surface area contributed by atoms with Gasteiger partial charge < -0.3 is 15.5 Å². The summed E-state index contributed by atoms with van der Waals surface area (Å²) in [5, 5.41) is 6.07. The highest BCUT2D eigenvalue weighted by atomic mass is 35.5. The maximum absolute atomic E-state index is 11.8. The van der Waals surface area contributed by atoms with Crippen LogP contribution in [0.1, 0.15) is 5.56 Å². The molecule has 114 valence electrons. The van der Waals surface area contributed by atoms with Crippen LogP contribution < -0.4 is 15.5 Å². The van der Waals surface area contributed by atoms with Crippen LogP contribution >= 0.6 is 11.6 Å². The molecule has 0 heterocycles. The smallest absolute Gasteiger partial charge is 0.323 e. The van der Waals surface area contributed by atoms with Crippen molar-refractivity contribution >= 4 is 35.1 Å². The Morgan fingerprint density at radius 2 is 1.91 bits per heavy atom. The van der Waals surface area contributed by atoms with Gasteiger partial charge in [-0.15, -0.1) is 0 Å². The zero-order valence-electron chi connectivity index (χ0n) is 12.5. The molecule has 0 atom stereocenters. The molecular weight excluding hydrogens is 298 g/mol. The van der Waals surface area contributed by atoms with Crippen LogP contribution in [0.25, 0.3) is 6.08 Å². The molecule has 0 saturated carbocycles. The molecule has 0 bridgehead atoms. The number of rotatable bonds is 4. The molecule has 2 aromatic rings. The summed E-state index contributed by atoms with van der Waals surface area (Å²) in [6.07, 6.45) is 3.31. The van der Waals surface area contributed by atoms with Gasteiger partial charge in [-0.1, -0.05) is 35.9 Å². The first-order chi connectivity index (χ1) is 10.6. The number of carbonyl (C=O) groups is 1. The standard InChI is InChI=1S/C17H18ClN3O/c1-21(2)15-8-5-7-14(12-15)20-17(22)19-11-10-13-6-3-4-9-16(13)18/h3-12H,1-2H3,(H2,19,20,22)/b11-10+. The number of anilines is 2. The van der Waals surface area contributed by atoms with Crippen LogP contribution in [-0.2, 0) is 0 Å². The Balaban J connectivity index is 1.93. The van der Waals surface area contributed by atoms with Gasteiger partial charge in [0.2, 0.25) is 0 Å². The summed E-state index contributed by atoms with van der Waals surface area (Å²) in [5.74, 6) is 0. The average Bonchev–Trinajstić information content (AvgIpc) is 2.49. The number of carbonyl (C=O) groups excluding carboxylic acids is 1. The van der Waals surface area contributed by atoms with Crippen LogP contribution in [0.3, 0.4) is 0 Å². The van der Waals surface area contributed by atoms with Gasteiger partial charge >= 0.3 is 6.03 Å². The van der Waals surface area contributed by atoms with Gasteiger partial charge in [0.1, 0.15) is 0 Å². The van der Waals surface area contributed by atoms with Gasteiger partial charge in [0.15, 0.2) is 0 Å². The predicted octanol–water partition coefficient (Wildman–Crippen LogP) is 4.20. The molecule has 0 fully saturated rings. The maximum atomic E-state index is 11.8. The zero-order chi connectivity index (χ0) is 15.9. The summed E-state index contributed by atoms with van der Waals surface area (Å²) in [6.45, 7) is 0. The lowest BCUT2D eigenvalue weighted by molar-refractivity contribution is 0.255. The first kappa shape index (κ1) is 15.9. The largest absolute Gasteiger partial charge is 0.378 e. The monoisotopic (exact) mass is 315 g/mol. The van der Waals surface area contributed by atoms with E-state index in [0.717, 1.165) is 16.9 Å². The van der Waals surface area contributed by atoms with E-state index < -0.39 is 0 Å². The molecule has 22 heavy (non-hydrogen) atoms. The van der Waals surface area contributed by atoms with Crippen molar-refractivity contribution in [3.05, 3.63) is 65.3 Å². The van der Waals surface area contributed by atoms with E-state index in [9.17, 15) is 4.79 Å². The number of nitrogens with one attached hydrogen (secondary N) is 2. The SMILES string of the molecule is CN(C)c1cccc(NC(=O)N/C=C/c2ccccc2Cl)c1. The fourth-order valence-corrected chi connectivity index (χ4v) is 2.05. The summed E-state index contributed by atoms with van der Waals surface area (Å²) >= 11 is 6.03. The van der Waals surface area contributed by atoms with E-state index in [4.69, 9.17) is 11.6 Å². The van der Waals surface area contributed by atoms with Gasteiger partial charge in [0.25, 0.3) is 0 Å². The molecular formula is C17H18ClN3O. The minimum atomic E-state index is -0.306. The Morgan fingerprint density at radius 3 is 2.64 bits per heavy atom. The second kappa shape index (κ2) is 7.52. The second-order valence-corrected chi connectivity index (χ2v) is 5.31. The number of halogens is 1. The van der Waals surface area contributed by atoms with Crippen LogP contribution in [0, 0.1) is 0 Å².